The molecule has 1 saturated heterocycles. The van der Waals surface area contributed by atoms with Crippen molar-refractivity contribution in [1.82, 2.24) is 5.43 Å². The summed E-state index contributed by atoms with van der Waals surface area (Å²) in [5, 5.41) is 3.86. The summed E-state index contributed by atoms with van der Waals surface area (Å²) in [6.45, 7) is 1.99. The lowest BCUT2D eigenvalue weighted by Gasteiger charge is -2.07. The lowest BCUT2D eigenvalue weighted by atomic mass is 10.1. The van der Waals surface area contributed by atoms with E-state index >= 15 is 0 Å². The van der Waals surface area contributed by atoms with Crippen LogP contribution in [0.15, 0.2) is 5.10 Å². The van der Waals surface area contributed by atoms with Gasteiger partial charge in [0.25, 0.3) is 0 Å². The fraction of sp³-hybridized carbons (Fsp3) is 0.667. The van der Waals surface area contributed by atoms with E-state index in [0.29, 0.717) is 17.2 Å². The molecule has 1 fully saturated rings. The fourth-order valence-electron chi connectivity index (χ4n) is 1.22. The standard InChI is InChI=1S/C9H14N2O4S/c1-3-15-9(13)11-10-7-5-16-4-6(7)8(12)14-2/h6H,3-5H2,1-2H3,(H,11,13)/b10-7-/t6-/m1/s1. The van der Waals surface area contributed by atoms with Crippen molar-refractivity contribution < 1.29 is 19.1 Å². The van der Waals surface area contributed by atoms with E-state index in [0.717, 1.165) is 0 Å². The molecule has 0 radical (unpaired) electrons. The summed E-state index contributed by atoms with van der Waals surface area (Å²) in [5.41, 5.74) is 2.86. The van der Waals surface area contributed by atoms with Gasteiger partial charge in [-0.15, -0.1) is 0 Å². The molecule has 90 valence electrons. The number of hydrazone groups is 1. The molecule has 0 bridgehead atoms. The van der Waals surface area contributed by atoms with Crippen molar-refractivity contribution >= 4 is 29.5 Å². The zero-order valence-corrected chi connectivity index (χ0v) is 10.0. The molecular weight excluding hydrogens is 232 g/mol. The first-order valence-corrected chi connectivity index (χ1v) is 5.99. The number of rotatable bonds is 3. The van der Waals surface area contributed by atoms with Crippen LogP contribution >= 0.6 is 11.8 Å². The average Bonchev–Trinajstić information content (AvgIpc) is 2.74. The van der Waals surface area contributed by atoms with Gasteiger partial charge in [0.1, 0.15) is 5.92 Å². The predicted molar refractivity (Wildman–Crippen MR) is 60.4 cm³/mol. The Kier molecular flexibility index (Phi) is 5.10. The Hall–Kier alpha value is -1.24. The Morgan fingerprint density at radius 3 is 3.00 bits per heavy atom. The molecule has 0 saturated carbocycles. The minimum absolute atomic E-state index is 0.284. The van der Waals surface area contributed by atoms with Gasteiger partial charge < -0.3 is 9.47 Å². The van der Waals surface area contributed by atoms with E-state index in [-0.39, 0.29) is 18.5 Å². The van der Waals surface area contributed by atoms with Crippen molar-refractivity contribution in [1.29, 1.82) is 0 Å². The van der Waals surface area contributed by atoms with Crippen LogP contribution < -0.4 is 5.43 Å². The van der Waals surface area contributed by atoms with Crippen LogP contribution in [0.25, 0.3) is 0 Å². The number of hydrogen-bond acceptors (Lipinski definition) is 6. The number of nitrogens with zero attached hydrogens (tertiary/aromatic N) is 1. The van der Waals surface area contributed by atoms with Gasteiger partial charge in [0.05, 0.1) is 19.4 Å². The molecule has 7 heteroatoms. The van der Waals surface area contributed by atoms with Crippen LogP contribution in [0.3, 0.4) is 0 Å². The number of methoxy groups -OCH3 is 1. The maximum Gasteiger partial charge on any atom is 0.427 e. The first-order chi connectivity index (χ1) is 7.69. The van der Waals surface area contributed by atoms with Crippen molar-refractivity contribution in [3.8, 4) is 0 Å². The van der Waals surface area contributed by atoms with Crippen LogP contribution in [0.4, 0.5) is 4.79 Å². The van der Waals surface area contributed by atoms with Gasteiger partial charge >= 0.3 is 12.1 Å². The third-order valence-corrected chi connectivity index (χ3v) is 3.06. The number of amides is 1. The van der Waals surface area contributed by atoms with Gasteiger partial charge in [-0.1, -0.05) is 0 Å². The second-order valence-electron chi connectivity index (χ2n) is 3.03. The minimum Gasteiger partial charge on any atom is -0.468 e. The number of ether oxygens (including phenoxy) is 2. The summed E-state index contributed by atoms with van der Waals surface area (Å²) in [6, 6.07) is 0. The van der Waals surface area contributed by atoms with Crippen molar-refractivity contribution in [2.75, 3.05) is 25.2 Å². The van der Waals surface area contributed by atoms with Crippen molar-refractivity contribution in [3.63, 3.8) is 0 Å². The summed E-state index contributed by atoms with van der Waals surface area (Å²) >= 11 is 1.58. The predicted octanol–water partition coefficient (Wildman–Crippen LogP) is 0.624. The van der Waals surface area contributed by atoms with Crippen LogP contribution in [0.1, 0.15) is 6.92 Å². The Labute approximate surface area is 97.7 Å². The lowest BCUT2D eigenvalue weighted by molar-refractivity contribution is -0.142. The van der Waals surface area contributed by atoms with Crippen molar-refractivity contribution in [2.45, 2.75) is 6.92 Å². The first-order valence-electron chi connectivity index (χ1n) is 4.83. The van der Waals surface area contributed by atoms with E-state index in [1.165, 1.54) is 7.11 Å². The highest BCUT2D eigenvalue weighted by Gasteiger charge is 2.31. The summed E-state index contributed by atoms with van der Waals surface area (Å²) < 4.78 is 9.29. The summed E-state index contributed by atoms with van der Waals surface area (Å²) in [4.78, 5) is 22.3. The van der Waals surface area contributed by atoms with Gasteiger partial charge in [-0.3, -0.25) is 4.79 Å². The van der Waals surface area contributed by atoms with Crippen LogP contribution in [0, 0.1) is 5.92 Å². The molecule has 1 aliphatic heterocycles. The number of esters is 1. The number of thioether (sulfide) groups is 1. The third kappa shape index (κ3) is 3.41. The molecule has 1 rings (SSSR count). The average molecular weight is 246 g/mol. The molecule has 0 spiro atoms. The topological polar surface area (TPSA) is 77.0 Å². The van der Waals surface area contributed by atoms with E-state index in [4.69, 9.17) is 0 Å². The maximum absolute atomic E-state index is 11.3. The molecule has 1 aliphatic rings. The maximum atomic E-state index is 11.3. The van der Waals surface area contributed by atoms with Gasteiger partial charge in [0.15, 0.2) is 0 Å². The Balaban J connectivity index is 2.54. The van der Waals surface area contributed by atoms with E-state index in [9.17, 15) is 9.59 Å². The van der Waals surface area contributed by atoms with Gasteiger partial charge in [0.2, 0.25) is 0 Å². The lowest BCUT2D eigenvalue weighted by Crippen LogP contribution is -2.27. The zero-order valence-electron chi connectivity index (χ0n) is 9.19. The van der Waals surface area contributed by atoms with E-state index in [2.05, 4.69) is 20.0 Å². The molecule has 1 heterocycles. The molecule has 0 aromatic carbocycles. The van der Waals surface area contributed by atoms with Gasteiger partial charge in [0, 0.05) is 11.5 Å². The monoisotopic (exact) mass is 246 g/mol. The van der Waals surface area contributed by atoms with Crippen molar-refractivity contribution in [2.24, 2.45) is 11.0 Å². The fourth-order valence-corrected chi connectivity index (χ4v) is 2.37. The number of carbonyl (C=O) groups is 2. The highest BCUT2D eigenvalue weighted by atomic mass is 32.2. The Morgan fingerprint density at radius 2 is 2.38 bits per heavy atom. The Bertz CT molecular complexity index is 306. The molecule has 6 nitrogen and oxygen atoms in total. The number of hydrogen-bond donors (Lipinski definition) is 1. The largest absolute Gasteiger partial charge is 0.468 e. The highest BCUT2D eigenvalue weighted by Crippen LogP contribution is 2.22. The second-order valence-corrected chi connectivity index (χ2v) is 4.06. The molecule has 0 unspecified atom stereocenters. The molecule has 0 aromatic heterocycles. The normalized spacial score (nSPS) is 21.9. The van der Waals surface area contributed by atoms with Crippen LogP contribution in [-0.2, 0) is 14.3 Å². The second kappa shape index (κ2) is 6.37. The van der Waals surface area contributed by atoms with Crippen LogP contribution in [0.2, 0.25) is 0 Å². The smallest absolute Gasteiger partial charge is 0.427 e. The summed E-state index contributed by atoms with van der Waals surface area (Å²) in [5.74, 6) is 0.564. The summed E-state index contributed by atoms with van der Waals surface area (Å²) in [7, 11) is 1.34. The molecule has 16 heavy (non-hydrogen) atoms. The van der Waals surface area contributed by atoms with Crippen LogP contribution in [0.5, 0.6) is 0 Å². The SMILES string of the molecule is CCOC(=O)N/N=C1/CSC[C@H]1C(=O)OC. The highest BCUT2D eigenvalue weighted by molar-refractivity contribution is 8.00. The molecule has 1 amide bonds. The van der Waals surface area contributed by atoms with Crippen molar-refractivity contribution in [3.05, 3.63) is 0 Å². The third-order valence-electron chi connectivity index (χ3n) is 1.99. The quantitative estimate of drug-likeness (QED) is 0.583. The van der Waals surface area contributed by atoms with Gasteiger partial charge in [-0.05, 0) is 6.92 Å². The molecule has 1 atom stereocenters. The molecular formula is C9H14N2O4S. The zero-order chi connectivity index (χ0) is 12.0. The number of nitrogens with one attached hydrogen (secondary N) is 1. The first kappa shape index (κ1) is 12.8. The van der Waals surface area contributed by atoms with E-state index in [1.807, 2.05) is 0 Å². The Morgan fingerprint density at radius 1 is 1.62 bits per heavy atom. The molecule has 0 aliphatic carbocycles. The van der Waals surface area contributed by atoms with Crippen LogP contribution in [-0.4, -0.2) is 43.0 Å². The van der Waals surface area contributed by atoms with Gasteiger partial charge in [-0.2, -0.15) is 16.9 Å². The van der Waals surface area contributed by atoms with E-state index in [1.54, 1.807) is 18.7 Å². The minimum atomic E-state index is -0.615. The van der Waals surface area contributed by atoms with Gasteiger partial charge in [-0.25, -0.2) is 10.2 Å². The van der Waals surface area contributed by atoms with E-state index < -0.39 is 6.09 Å². The number of carbonyl (C=O) groups excluding carboxylic acids is 2. The summed E-state index contributed by atoms with van der Waals surface area (Å²) in [6.07, 6.45) is -0.615. The molecule has 0 aromatic rings. The molecule has 1 N–H and O–H groups in total.